The molecular formula is C28H36FN4O9P. The van der Waals surface area contributed by atoms with E-state index < -0.39 is 67.8 Å². The minimum atomic E-state index is -4.40. The van der Waals surface area contributed by atoms with Crippen LogP contribution in [0.4, 0.5) is 4.39 Å². The standard InChI is InChI=1S/C28H36FN4O9P/c1-15(2)40-25(36)16(3)32-43(38,42-17-9-10-21-19(13-17)18-7-5-6-8-20(18)30-21)39-14-22-24(35)28(4,29)26(41-22)33-12-11-23(34)31-27(33)37/h9-13,15-16,22,24,26,30,35H,5-8,14H2,1-4H3,(H,32,38)(H,31,34,37)/t16-,22+,24+,26+,28+,43?/m0/s1. The molecule has 1 aliphatic carbocycles. The van der Waals surface area contributed by atoms with Gasteiger partial charge in [-0.2, -0.15) is 5.09 Å². The molecule has 2 aromatic heterocycles. The van der Waals surface area contributed by atoms with Crippen molar-refractivity contribution in [3.63, 3.8) is 0 Å². The number of esters is 1. The highest BCUT2D eigenvalue weighted by Gasteiger charge is 2.56. The number of aromatic amines is 2. The number of aryl methyl sites for hydroxylation is 2. The number of H-pyrrole nitrogens is 2. The molecule has 0 amide bonds. The Morgan fingerprint density at radius 3 is 2.70 bits per heavy atom. The highest BCUT2D eigenvalue weighted by atomic mass is 31.2. The van der Waals surface area contributed by atoms with Gasteiger partial charge in [0.25, 0.3) is 5.56 Å². The molecule has 3 heterocycles. The van der Waals surface area contributed by atoms with Gasteiger partial charge in [-0.25, -0.2) is 13.8 Å². The molecule has 2 aliphatic rings. The second-order valence-corrected chi connectivity index (χ2v) is 13.1. The number of halogens is 1. The molecule has 4 N–H and O–H groups in total. The minimum absolute atomic E-state index is 0.195. The average molecular weight is 623 g/mol. The summed E-state index contributed by atoms with van der Waals surface area (Å²) in [6.07, 6.45) is -0.283. The van der Waals surface area contributed by atoms with Crippen LogP contribution in [0.2, 0.25) is 0 Å². The summed E-state index contributed by atoms with van der Waals surface area (Å²) in [4.78, 5) is 41.7. The molecule has 43 heavy (non-hydrogen) atoms. The van der Waals surface area contributed by atoms with E-state index in [0.717, 1.165) is 71.6 Å². The van der Waals surface area contributed by atoms with E-state index in [0.29, 0.717) is 0 Å². The topological polar surface area (TPSA) is 174 Å². The first-order valence-electron chi connectivity index (χ1n) is 14.2. The summed E-state index contributed by atoms with van der Waals surface area (Å²) >= 11 is 0. The molecule has 15 heteroatoms. The molecule has 0 bridgehead atoms. The molecule has 1 aliphatic heterocycles. The van der Waals surface area contributed by atoms with E-state index in [1.807, 2.05) is 4.98 Å². The van der Waals surface area contributed by atoms with Gasteiger partial charge in [-0.15, -0.1) is 0 Å². The summed E-state index contributed by atoms with van der Waals surface area (Å²) in [6, 6.07) is 5.03. The third-order valence-corrected chi connectivity index (χ3v) is 9.23. The van der Waals surface area contributed by atoms with Crippen LogP contribution in [0.3, 0.4) is 0 Å². The Labute approximate surface area is 246 Å². The molecule has 13 nitrogen and oxygen atoms in total. The smallest absolute Gasteiger partial charge is 0.459 e. The number of alkyl halides is 1. The van der Waals surface area contributed by atoms with Crippen molar-refractivity contribution in [2.45, 2.75) is 89.6 Å². The SMILES string of the molecule is CC(C)OC(=O)[C@H](C)NP(=O)(OC[C@H]1O[C@@H](n2ccc(=O)[nH]c2=O)[C@](C)(F)[C@@H]1O)Oc1ccc2[nH]c3c(c2c1)CCCC3. The minimum Gasteiger partial charge on any atom is -0.462 e. The van der Waals surface area contributed by atoms with Gasteiger partial charge in [0.1, 0.15) is 24.0 Å². The first kappa shape index (κ1) is 31.1. The van der Waals surface area contributed by atoms with Crippen molar-refractivity contribution in [2.24, 2.45) is 0 Å². The molecule has 1 aromatic carbocycles. The van der Waals surface area contributed by atoms with Crippen LogP contribution in [0.5, 0.6) is 5.75 Å². The summed E-state index contributed by atoms with van der Waals surface area (Å²) in [6.45, 7) is 5.15. The number of rotatable bonds is 10. The van der Waals surface area contributed by atoms with Crippen LogP contribution in [0.1, 0.15) is 58.0 Å². The van der Waals surface area contributed by atoms with E-state index in [9.17, 15) is 24.1 Å². The van der Waals surface area contributed by atoms with E-state index in [1.54, 1.807) is 32.0 Å². The van der Waals surface area contributed by atoms with Crippen molar-refractivity contribution < 1.29 is 37.4 Å². The van der Waals surface area contributed by atoms with Crippen molar-refractivity contribution in [1.29, 1.82) is 0 Å². The molecule has 0 spiro atoms. The predicted octanol–water partition coefficient (Wildman–Crippen LogP) is 3.02. The molecule has 3 aromatic rings. The highest BCUT2D eigenvalue weighted by Crippen LogP contribution is 2.48. The van der Waals surface area contributed by atoms with Crippen molar-refractivity contribution >= 4 is 24.6 Å². The molecule has 1 saturated heterocycles. The quantitative estimate of drug-likeness (QED) is 0.194. The maximum Gasteiger partial charge on any atom is 0.459 e. The third-order valence-electron chi connectivity index (χ3n) is 7.58. The lowest BCUT2D eigenvalue weighted by atomic mass is 9.96. The fourth-order valence-electron chi connectivity index (χ4n) is 5.43. The van der Waals surface area contributed by atoms with E-state index in [-0.39, 0.29) is 5.75 Å². The summed E-state index contributed by atoms with van der Waals surface area (Å²) in [5.74, 6) is -0.510. The van der Waals surface area contributed by atoms with E-state index >= 15 is 4.39 Å². The summed E-state index contributed by atoms with van der Waals surface area (Å²) in [7, 11) is -4.40. The lowest BCUT2D eigenvalue weighted by Crippen LogP contribution is -2.43. The number of carbonyl (C=O) groups excluding carboxylic acids is 1. The Morgan fingerprint density at radius 1 is 1.23 bits per heavy atom. The van der Waals surface area contributed by atoms with E-state index in [4.69, 9.17) is 18.5 Å². The Bertz CT molecular complexity index is 1670. The molecule has 234 valence electrons. The van der Waals surface area contributed by atoms with Gasteiger partial charge in [0.05, 0.1) is 12.7 Å². The molecule has 6 atom stereocenters. The number of carbonyl (C=O) groups is 1. The first-order chi connectivity index (χ1) is 20.3. The molecule has 1 unspecified atom stereocenters. The molecular weight excluding hydrogens is 586 g/mol. The largest absolute Gasteiger partial charge is 0.462 e. The molecule has 0 radical (unpaired) electrons. The predicted molar refractivity (Wildman–Crippen MR) is 154 cm³/mol. The molecule has 5 rings (SSSR count). The average Bonchev–Trinajstić information content (AvgIpc) is 3.41. The van der Waals surface area contributed by atoms with Gasteiger partial charge < -0.3 is 24.1 Å². The number of hydrogen-bond donors (Lipinski definition) is 4. The number of nitrogens with zero attached hydrogens (tertiary/aromatic N) is 1. The summed E-state index contributed by atoms with van der Waals surface area (Å²) < 4.78 is 53.0. The van der Waals surface area contributed by atoms with Crippen molar-refractivity contribution in [1.82, 2.24) is 19.6 Å². The second-order valence-electron chi connectivity index (χ2n) is 11.4. The van der Waals surface area contributed by atoms with Crippen LogP contribution in [-0.2, 0) is 36.2 Å². The zero-order chi connectivity index (χ0) is 31.1. The van der Waals surface area contributed by atoms with Crippen LogP contribution in [0, 0.1) is 0 Å². The van der Waals surface area contributed by atoms with Crippen molar-refractivity contribution in [3.8, 4) is 5.75 Å². The first-order valence-corrected chi connectivity index (χ1v) is 15.7. The molecule has 1 fully saturated rings. The lowest BCUT2D eigenvalue weighted by Gasteiger charge is -2.25. The zero-order valence-corrected chi connectivity index (χ0v) is 25.2. The summed E-state index contributed by atoms with van der Waals surface area (Å²) in [5, 5.41) is 14.3. The van der Waals surface area contributed by atoms with Crippen LogP contribution < -0.4 is 20.9 Å². The summed E-state index contributed by atoms with van der Waals surface area (Å²) in [5.41, 5.74) is -0.902. The number of benzene rings is 1. The van der Waals surface area contributed by atoms with Gasteiger partial charge in [0.15, 0.2) is 11.9 Å². The Hall–Kier alpha value is -3.29. The van der Waals surface area contributed by atoms with Crippen LogP contribution in [-0.4, -0.2) is 62.2 Å². The Kier molecular flexibility index (Phi) is 8.70. The van der Waals surface area contributed by atoms with Gasteiger partial charge in [-0.3, -0.25) is 23.7 Å². The van der Waals surface area contributed by atoms with E-state index in [1.165, 1.54) is 6.92 Å². The van der Waals surface area contributed by atoms with Gasteiger partial charge >= 0.3 is 19.4 Å². The number of hydrogen-bond acceptors (Lipinski definition) is 9. The fraction of sp³-hybridized carbons (Fsp3) is 0.536. The van der Waals surface area contributed by atoms with E-state index in [2.05, 4.69) is 10.1 Å². The Balaban J connectivity index is 1.39. The normalized spacial score (nSPS) is 25.8. The third kappa shape index (κ3) is 6.48. The maximum atomic E-state index is 15.7. The lowest BCUT2D eigenvalue weighted by molar-refractivity contribution is -0.149. The van der Waals surface area contributed by atoms with Gasteiger partial charge in [0.2, 0.25) is 0 Å². The van der Waals surface area contributed by atoms with Crippen LogP contribution in [0.15, 0.2) is 40.1 Å². The van der Waals surface area contributed by atoms with Crippen LogP contribution in [0.25, 0.3) is 10.9 Å². The number of ether oxygens (including phenoxy) is 2. The van der Waals surface area contributed by atoms with Gasteiger partial charge in [-0.1, -0.05) is 0 Å². The fourth-order valence-corrected chi connectivity index (χ4v) is 6.92. The van der Waals surface area contributed by atoms with Crippen LogP contribution >= 0.6 is 7.75 Å². The maximum absolute atomic E-state index is 15.7. The van der Waals surface area contributed by atoms with Gasteiger partial charge in [0, 0.05) is 28.9 Å². The zero-order valence-electron chi connectivity index (χ0n) is 24.3. The number of fused-ring (bicyclic) bond motifs is 3. The Morgan fingerprint density at radius 2 is 1.98 bits per heavy atom. The van der Waals surface area contributed by atoms with Crippen molar-refractivity contribution in [3.05, 3.63) is 62.6 Å². The second kappa shape index (κ2) is 12.0. The number of aliphatic hydroxyl groups is 1. The number of nitrogens with one attached hydrogen (secondary N) is 3. The number of aromatic nitrogens is 3. The monoisotopic (exact) mass is 622 g/mol. The van der Waals surface area contributed by atoms with Crippen molar-refractivity contribution in [2.75, 3.05) is 6.61 Å². The highest BCUT2D eigenvalue weighted by molar-refractivity contribution is 7.52. The van der Waals surface area contributed by atoms with Gasteiger partial charge in [-0.05, 0) is 77.1 Å². The number of aliphatic hydroxyl groups excluding tert-OH is 1. The molecule has 0 saturated carbocycles.